The molecule has 0 aliphatic heterocycles. The number of Topliss-reactive ketones (excluding diaryl/α,β-unsaturated/α-hetero) is 1. The summed E-state index contributed by atoms with van der Waals surface area (Å²) in [5.74, 6) is 0.709. The van der Waals surface area contributed by atoms with E-state index >= 15 is 0 Å². The highest BCUT2D eigenvalue weighted by Crippen LogP contribution is 2.22. The average Bonchev–Trinajstić information content (AvgIpc) is 2.26. The predicted molar refractivity (Wildman–Crippen MR) is 60.3 cm³/mol. The smallest absolute Gasteiger partial charge is 0.180 e. The molecule has 0 spiro atoms. The molecule has 0 aromatic heterocycles. The van der Waals surface area contributed by atoms with E-state index in [0.29, 0.717) is 11.3 Å². The topological polar surface area (TPSA) is 26.3 Å². The number of methoxy groups -OCH3 is 1. The van der Waals surface area contributed by atoms with Gasteiger partial charge in [-0.1, -0.05) is 35.0 Å². The minimum atomic E-state index is -0.126. The van der Waals surface area contributed by atoms with Gasteiger partial charge in [0, 0.05) is 0 Å². The first kappa shape index (κ1) is 11.2. The maximum absolute atomic E-state index is 11.8. The summed E-state index contributed by atoms with van der Waals surface area (Å²) in [4.78, 5) is 11.7. The van der Waals surface area contributed by atoms with E-state index in [2.05, 4.69) is 15.9 Å². The van der Waals surface area contributed by atoms with Gasteiger partial charge < -0.3 is 4.74 Å². The molecule has 0 radical (unpaired) electrons. The van der Waals surface area contributed by atoms with Gasteiger partial charge in [0.15, 0.2) is 5.78 Å². The van der Waals surface area contributed by atoms with E-state index < -0.39 is 0 Å². The van der Waals surface area contributed by atoms with E-state index in [1.807, 2.05) is 19.1 Å². The molecule has 2 nitrogen and oxygen atoms in total. The molecule has 0 heterocycles. The molecule has 1 aromatic rings. The minimum Gasteiger partial charge on any atom is -0.496 e. The van der Waals surface area contributed by atoms with Crippen LogP contribution in [0.15, 0.2) is 24.3 Å². The number of ether oxygens (including phenoxy) is 1. The predicted octanol–water partition coefficient (Wildman–Crippen LogP) is 3.05. The molecular weight excluding hydrogens is 244 g/mol. The number of hydrogen-bond donors (Lipinski definition) is 0. The number of benzene rings is 1. The summed E-state index contributed by atoms with van der Waals surface area (Å²) < 4.78 is 5.12. The highest BCUT2D eigenvalue weighted by Gasteiger charge is 2.17. The maximum Gasteiger partial charge on any atom is 0.180 e. The quantitative estimate of drug-likeness (QED) is 0.612. The molecular formula is C11H13BrO2. The lowest BCUT2D eigenvalue weighted by Gasteiger charge is -2.09. The van der Waals surface area contributed by atoms with E-state index in [1.165, 1.54) is 0 Å². The second-order valence-corrected chi connectivity index (χ2v) is 4.05. The van der Waals surface area contributed by atoms with E-state index in [1.54, 1.807) is 19.2 Å². The maximum atomic E-state index is 11.8. The van der Waals surface area contributed by atoms with Crippen molar-refractivity contribution in [1.29, 1.82) is 0 Å². The number of para-hydroxylation sites is 1. The lowest BCUT2D eigenvalue weighted by molar-refractivity contribution is 0.0987. The van der Waals surface area contributed by atoms with Crippen LogP contribution in [0.3, 0.4) is 0 Å². The molecule has 0 bridgehead atoms. The zero-order valence-electron chi connectivity index (χ0n) is 8.29. The van der Waals surface area contributed by atoms with Gasteiger partial charge in [-0.25, -0.2) is 0 Å². The lowest BCUT2D eigenvalue weighted by atomic mass is 10.1. The van der Waals surface area contributed by atoms with Crippen LogP contribution < -0.4 is 4.74 Å². The fourth-order valence-corrected chi connectivity index (χ4v) is 1.45. The Bertz CT molecular complexity index is 323. The van der Waals surface area contributed by atoms with E-state index in [4.69, 9.17) is 4.74 Å². The molecule has 0 amide bonds. The summed E-state index contributed by atoms with van der Waals surface area (Å²) in [5, 5.41) is 0. The van der Waals surface area contributed by atoms with Crippen molar-refractivity contribution in [2.75, 3.05) is 7.11 Å². The monoisotopic (exact) mass is 256 g/mol. The van der Waals surface area contributed by atoms with Gasteiger partial charge in [-0.05, 0) is 18.6 Å². The van der Waals surface area contributed by atoms with Gasteiger partial charge in [-0.3, -0.25) is 4.79 Å². The van der Waals surface area contributed by atoms with Gasteiger partial charge in [0.1, 0.15) is 5.75 Å². The molecule has 0 saturated carbocycles. The zero-order chi connectivity index (χ0) is 10.6. The van der Waals surface area contributed by atoms with Gasteiger partial charge >= 0.3 is 0 Å². The van der Waals surface area contributed by atoms with Crippen LogP contribution in [-0.4, -0.2) is 17.7 Å². The molecule has 0 fully saturated rings. The third kappa shape index (κ3) is 2.35. The van der Waals surface area contributed by atoms with Crippen LogP contribution in [0.4, 0.5) is 0 Å². The first-order valence-corrected chi connectivity index (χ1v) is 5.43. The van der Waals surface area contributed by atoms with E-state index in [9.17, 15) is 4.79 Å². The summed E-state index contributed by atoms with van der Waals surface area (Å²) >= 11 is 3.34. The summed E-state index contributed by atoms with van der Waals surface area (Å²) in [7, 11) is 1.57. The Morgan fingerprint density at radius 2 is 2.14 bits per heavy atom. The third-order valence-electron chi connectivity index (χ3n) is 2.02. The van der Waals surface area contributed by atoms with Crippen molar-refractivity contribution in [3.8, 4) is 5.75 Å². The molecule has 1 aromatic carbocycles. The van der Waals surface area contributed by atoms with E-state index in [0.717, 1.165) is 6.42 Å². The molecule has 0 saturated heterocycles. The van der Waals surface area contributed by atoms with Crippen LogP contribution in [0.1, 0.15) is 23.7 Å². The van der Waals surface area contributed by atoms with Crippen LogP contribution in [-0.2, 0) is 0 Å². The SMILES string of the molecule is CCC(Br)C(=O)c1ccccc1OC. The molecule has 76 valence electrons. The van der Waals surface area contributed by atoms with Crippen LogP contribution in [0.2, 0.25) is 0 Å². The van der Waals surface area contributed by atoms with Gasteiger partial charge in [0.25, 0.3) is 0 Å². The summed E-state index contributed by atoms with van der Waals surface area (Å²) in [6.45, 7) is 1.97. The molecule has 14 heavy (non-hydrogen) atoms. The van der Waals surface area contributed by atoms with E-state index in [-0.39, 0.29) is 10.6 Å². The Hall–Kier alpha value is -0.830. The van der Waals surface area contributed by atoms with Crippen molar-refractivity contribution in [2.45, 2.75) is 18.2 Å². The first-order chi connectivity index (χ1) is 6.70. The molecule has 1 rings (SSSR count). The Kier molecular flexibility index (Phi) is 4.14. The zero-order valence-corrected chi connectivity index (χ0v) is 9.87. The molecule has 0 aliphatic rings. The standard InChI is InChI=1S/C11H13BrO2/c1-3-9(12)11(13)8-6-4-5-7-10(8)14-2/h4-7,9H,3H2,1-2H3. The van der Waals surface area contributed by atoms with Crippen molar-refractivity contribution in [3.05, 3.63) is 29.8 Å². The molecule has 0 aliphatic carbocycles. The van der Waals surface area contributed by atoms with Gasteiger partial charge in [-0.2, -0.15) is 0 Å². The lowest BCUT2D eigenvalue weighted by Crippen LogP contribution is -2.13. The second kappa shape index (κ2) is 5.15. The Morgan fingerprint density at radius 1 is 1.50 bits per heavy atom. The van der Waals surface area contributed by atoms with Crippen LogP contribution in [0, 0.1) is 0 Å². The molecule has 0 N–H and O–H groups in total. The average molecular weight is 257 g/mol. The van der Waals surface area contributed by atoms with Crippen LogP contribution >= 0.6 is 15.9 Å². The number of alkyl halides is 1. The summed E-state index contributed by atoms with van der Waals surface area (Å²) in [6, 6.07) is 7.27. The number of carbonyl (C=O) groups is 1. The molecule has 1 unspecified atom stereocenters. The van der Waals surface area contributed by atoms with Gasteiger partial charge in [0.2, 0.25) is 0 Å². The normalized spacial score (nSPS) is 12.2. The van der Waals surface area contributed by atoms with Crippen molar-refractivity contribution in [3.63, 3.8) is 0 Å². The number of carbonyl (C=O) groups excluding carboxylic acids is 1. The van der Waals surface area contributed by atoms with Gasteiger partial charge in [0.05, 0.1) is 17.5 Å². The van der Waals surface area contributed by atoms with Crippen molar-refractivity contribution in [1.82, 2.24) is 0 Å². The highest BCUT2D eigenvalue weighted by molar-refractivity contribution is 9.10. The number of halogens is 1. The summed E-state index contributed by atoms with van der Waals surface area (Å²) in [6.07, 6.45) is 0.775. The minimum absolute atomic E-state index is 0.0740. The van der Waals surface area contributed by atoms with Gasteiger partial charge in [-0.15, -0.1) is 0 Å². The Labute approximate surface area is 92.4 Å². The number of ketones is 1. The number of rotatable bonds is 4. The Balaban J connectivity index is 3.00. The fraction of sp³-hybridized carbons (Fsp3) is 0.364. The third-order valence-corrected chi connectivity index (χ3v) is 3.08. The second-order valence-electron chi connectivity index (χ2n) is 2.94. The van der Waals surface area contributed by atoms with Crippen LogP contribution in [0.25, 0.3) is 0 Å². The van der Waals surface area contributed by atoms with Crippen molar-refractivity contribution >= 4 is 21.7 Å². The molecule has 1 atom stereocenters. The van der Waals surface area contributed by atoms with Crippen molar-refractivity contribution in [2.24, 2.45) is 0 Å². The first-order valence-electron chi connectivity index (χ1n) is 4.52. The molecule has 3 heteroatoms. The van der Waals surface area contributed by atoms with Crippen LogP contribution in [0.5, 0.6) is 5.75 Å². The van der Waals surface area contributed by atoms with Crippen molar-refractivity contribution < 1.29 is 9.53 Å². The highest BCUT2D eigenvalue weighted by atomic mass is 79.9. The largest absolute Gasteiger partial charge is 0.496 e. The summed E-state index contributed by atoms with van der Waals surface area (Å²) in [5.41, 5.74) is 0.638. The fourth-order valence-electron chi connectivity index (χ4n) is 1.20. The Morgan fingerprint density at radius 3 is 2.71 bits per heavy atom. The number of hydrogen-bond acceptors (Lipinski definition) is 2.